The van der Waals surface area contributed by atoms with Crippen molar-refractivity contribution < 1.29 is 21.6 Å². The largest absolute Gasteiger partial charge is 0.416 e. The maximum Gasteiger partial charge on any atom is 0.416 e. The molecule has 0 amide bonds. The van der Waals surface area contributed by atoms with Gasteiger partial charge in [0.1, 0.15) is 8.07 Å². The SMILES string of the molecule is Cc1ccc(S(=O)(=O)N2CCCc3cc(-c4ccc(C(F)(F)F)cc4)nc([Si](C)(C)C)c32)cc1. The molecule has 0 saturated carbocycles. The molecule has 34 heavy (non-hydrogen) atoms. The standard InChI is InChI=1S/C25H27F3N2O2SSi/c1-17-7-13-21(14-8-17)33(31,32)30-15-5-6-19-16-22(29-24(23(19)30)34(2,3)4)18-9-11-20(12-10-18)25(26,27)28/h7-14,16H,5-6,15H2,1-4H3. The summed E-state index contributed by atoms with van der Waals surface area (Å²) in [4.78, 5) is 5.10. The molecule has 4 nitrogen and oxygen atoms in total. The Hall–Kier alpha value is -2.65. The van der Waals surface area contributed by atoms with Crippen LogP contribution in [0, 0.1) is 6.92 Å². The number of pyridine rings is 1. The second-order valence-electron chi connectivity index (χ2n) is 9.68. The van der Waals surface area contributed by atoms with Gasteiger partial charge in [0, 0.05) is 17.4 Å². The molecule has 0 spiro atoms. The highest BCUT2D eigenvalue weighted by molar-refractivity contribution is 7.92. The molecule has 9 heteroatoms. The fourth-order valence-corrected chi connectivity index (χ4v) is 7.25. The summed E-state index contributed by atoms with van der Waals surface area (Å²) in [6.07, 6.45) is -3.07. The van der Waals surface area contributed by atoms with Gasteiger partial charge in [0.05, 0.1) is 21.8 Å². The second-order valence-corrected chi connectivity index (χ2v) is 16.5. The fraction of sp³-hybridized carbons (Fsp3) is 0.320. The van der Waals surface area contributed by atoms with Crippen LogP contribution in [0.15, 0.2) is 59.5 Å². The lowest BCUT2D eigenvalue weighted by Gasteiger charge is -2.35. The molecule has 2 heterocycles. The van der Waals surface area contributed by atoms with Gasteiger partial charge in [-0.25, -0.2) is 8.42 Å². The summed E-state index contributed by atoms with van der Waals surface area (Å²) in [5.74, 6) is 0. The van der Waals surface area contributed by atoms with E-state index in [4.69, 9.17) is 4.98 Å². The summed E-state index contributed by atoms with van der Waals surface area (Å²) in [6, 6.07) is 13.6. The molecule has 180 valence electrons. The number of hydrogen-bond donors (Lipinski definition) is 0. The average molecular weight is 505 g/mol. The minimum atomic E-state index is -4.41. The predicted molar refractivity (Wildman–Crippen MR) is 132 cm³/mol. The zero-order valence-corrected chi connectivity index (χ0v) is 21.4. The van der Waals surface area contributed by atoms with Gasteiger partial charge >= 0.3 is 6.18 Å². The molecule has 1 aliphatic heterocycles. The van der Waals surface area contributed by atoms with E-state index in [1.807, 2.05) is 13.0 Å². The van der Waals surface area contributed by atoms with Crippen molar-refractivity contribution in [3.05, 3.63) is 71.3 Å². The lowest BCUT2D eigenvalue weighted by molar-refractivity contribution is -0.137. The van der Waals surface area contributed by atoms with Crippen LogP contribution in [0.25, 0.3) is 11.3 Å². The van der Waals surface area contributed by atoms with Crippen LogP contribution >= 0.6 is 0 Å². The summed E-state index contributed by atoms with van der Waals surface area (Å²) in [5.41, 5.74) is 2.91. The van der Waals surface area contributed by atoms with E-state index < -0.39 is 29.8 Å². The Morgan fingerprint density at radius 3 is 2.15 bits per heavy atom. The Bertz CT molecular complexity index is 1310. The highest BCUT2D eigenvalue weighted by Gasteiger charge is 2.36. The first-order valence-electron chi connectivity index (χ1n) is 11.1. The molecule has 2 aromatic carbocycles. The first-order valence-corrected chi connectivity index (χ1v) is 16.0. The number of fused-ring (bicyclic) bond motifs is 1. The molecule has 3 aromatic rings. The molecule has 0 radical (unpaired) electrons. The number of sulfonamides is 1. The van der Waals surface area contributed by atoms with Crippen molar-refractivity contribution in [1.29, 1.82) is 0 Å². The van der Waals surface area contributed by atoms with Gasteiger partial charge in [-0.15, -0.1) is 0 Å². The van der Waals surface area contributed by atoms with E-state index in [2.05, 4.69) is 19.6 Å². The van der Waals surface area contributed by atoms with E-state index in [9.17, 15) is 21.6 Å². The molecule has 4 rings (SSSR count). The summed E-state index contributed by atoms with van der Waals surface area (Å²) in [6.45, 7) is 8.55. The summed E-state index contributed by atoms with van der Waals surface area (Å²) in [5, 5.41) is 0.746. The van der Waals surface area contributed by atoms with Gasteiger partial charge in [-0.05, 0) is 55.7 Å². The average Bonchev–Trinajstić information content (AvgIpc) is 2.77. The van der Waals surface area contributed by atoms with Crippen molar-refractivity contribution in [2.24, 2.45) is 0 Å². The zero-order chi connectivity index (χ0) is 24.9. The number of nitrogens with zero attached hydrogens (tertiary/aromatic N) is 2. The van der Waals surface area contributed by atoms with Crippen molar-refractivity contribution >= 4 is 29.1 Å². The highest BCUT2D eigenvalue weighted by Crippen LogP contribution is 2.35. The molecule has 0 atom stereocenters. The summed E-state index contributed by atoms with van der Waals surface area (Å²) >= 11 is 0. The van der Waals surface area contributed by atoms with Crippen LogP contribution in [0.4, 0.5) is 18.9 Å². The topological polar surface area (TPSA) is 50.3 Å². The molecule has 1 aliphatic rings. The van der Waals surface area contributed by atoms with Crippen LogP contribution < -0.4 is 9.62 Å². The van der Waals surface area contributed by atoms with Crippen LogP contribution in [0.5, 0.6) is 0 Å². The number of alkyl halides is 3. The van der Waals surface area contributed by atoms with E-state index in [1.54, 1.807) is 24.3 Å². The van der Waals surface area contributed by atoms with Crippen molar-refractivity contribution in [3.63, 3.8) is 0 Å². The lowest BCUT2D eigenvalue weighted by Crippen LogP contribution is -2.48. The molecular weight excluding hydrogens is 477 g/mol. The van der Waals surface area contributed by atoms with Gasteiger partial charge in [0.2, 0.25) is 0 Å². The van der Waals surface area contributed by atoms with Crippen LogP contribution in [0.1, 0.15) is 23.1 Å². The monoisotopic (exact) mass is 504 g/mol. The maximum atomic E-state index is 13.6. The smallest absolute Gasteiger partial charge is 0.265 e. The Balaban J connectivity index is 1.86. The molecule has 0 aliphatic carbocycles. The molecule has 0 N–H and O–H groups in total. The van der Waals surface area contributed by atoms with E-state index in [0.29, 0.717) is 36.3 Å². The Morgan fingerprint density at radius 2 is 1.59 bits per heavy atom. The zero-order valence-electron chi connectivity index (χ0n) is 19.6. The lowest BCUT2D eigenvalue weighted by atomic mass is 10.0. The molecule has 0 bridgehead atoms. The minimum Gasteiger partial charge on any atom is -0.265 e. The van der Waals surface area contributed by atoms with Crippen LogP contribution in [-0.2, 0) is 22.6 Å². The number of aryl methyl sites for hydroxylation is 2. The van der Waals surface area contributed by atoms with Crippen molar-refractivity contribution in [2.75, 3.05) is 10.8 Å². The van der Waals surface area contributed by atoms with Crippen LogP contribution in [0.2, 0.25) is 19.6 Å². The third kappa shape index (κ3) is 4.63. The quantitative estimate of drug-likeness (QED) is 0.425. The van der Waals surface area contributed by atoms with Gasteiger partial charge < -0.3 is 0 Å². The van der Waals surface area contributed by atoms with Gasteiger partial charge in [-0.1, -0.05) is 49.5 Å². The van der Waals surface area contributed by atoms with Crippen molar-refractivity contribution in [2.45, 2.75) is 50.5 Å². The summed E-state index contributed by atoms with van der Waals surface area (Å²) < 4.78 is 67.8. The third-order valence-corrected chi connectivity index (χ3v) is 9.54. The molecular formula is C25H27F3N2O2SSi. The minimum absolute atomic E-state index is 0.235. The Labute approximate surface area is 199 Å². The number of anilines is 1. The number of hydrogen-bond acceptors (Lipinski definition) is 3. The fourth-order valence-electron chi connectivity index (χ4n) is 4.16. The van der Waals surface area contributed by atoms with Gasteiger partial charge in [-0.3, -0.25) is 9.29 Å². The Kier molecular flexibility index (Phi) is 6.14. The summed E-state index contributed by atoms with van der Waals surface area (Å²) in [7, 11) is -5.93. The molecule has 1 aromatic heterocycles. The van der Waals surface area contributed by atoms with Gasteiger partial charge in [-0.2, -0.15) is 13.2 Å². The number of benzene rings is 2. The van der Waals surface area contributed by atoms with E-state index in [-0.39, 0.29) is 4.90 Å². The van der Waals surface area contributed by atoms with E-state index >= 15 is 0 Å². The number of rotatable bonds is 4. The molecule has 0 saturated heterocycles. The van der Waals surface area contributed by atoms with E-state index in [0.717, 1.165) is 28.6 Å². The van der Waals surface area contributed by atoms with E-state index in [1.165, 1.54) is 16.4 Å². The Morgan fingerprint density at radius 1 is 0.971 bits per heavy atom. The first-order chi connectivity index (χ1) is 15.8. The normalized spacial score (nSPS) is 14.7. The van der Waals surface area contributed by atoms with Crippen molar-refractivity contribution in [3.8, 4) is 11.3 Å². The maximum absolute atomic E-state index is 13.6. The molecule has 0 unspecified atom stereocenters. The first kappa shape index (κ1) is 24.5. The van der Waals surface area contributed by atoms with Crippen molar-refractivity contribution in [1.82, 2.24) is 4.98 Å². The number of halogens is 3. The second kappa shape index (κ2) is 8.53. The van der Waals surface area contributed by atoms with Crippen LogP contribution in [0.3, 0.4) is 0 Å². The van der Waals surface area contributed by atoms with Gasteiger partial charge in [0.25, 0.3) is 10.0 Å². The van der Waals surface area contributed by atoms with Gasteiger partial charge in [0.15, 0.2) is 0 Å². The number of aromatic nitrogens is 1. The molecule has 0 fully saturated rings. The highest BCUT2D eigenvalue weighted by atomic mass is 32.2. The third-order valence-electron chi connectivity index (χ3n) is 5.96. The van der Waals surface area contributed by atoms with Crippen LogP contribution in [-0.4, -0.2) is 28.0 Å². The predicted octanol–water partition coefficient (Wildman–Crippen LogP) is 5.76.